The van der Waals surface area contributed by atoms with Crippen LogP contribution in [0.2, 0.25) is 0 Å². The van der Waals surface area contributed by atoms with Gasteiger partial charge in [-0.1, -0.05) is 19.4 Å². The highest BCUT2D eigenvalue weighted by atomic mass is 35.5. The molecule has 0 bridgehead atoms. The van der Waals surface area contributed by atoms with E-state index in [4.69, 9.17) is 5.73 Å². The molecule has 0 spiro atoms. The molecular formula is C16H23ClN4O. The fraction of sp³-hybridized carbons (Fsp3) is 0.375. The Morgan fingerprint density at radius 1 is 1.36 bits per heavy atom. The first-order valence-corrected chi connectivity index (χ1v) is 7.21. The number of carbonyl (C=O) groups is 1. The van der Waals surface area contributed by atoms with E-state index in [9.17, 15) is 4.79 Å². The zero-order chi connectivity index (χ0) is 15.4. The third-order valence-electron chi connectivity index (χ3n) is 3.30. The number of nitrogens with two attached hydrogens (primary N) is 1. The Morgan fingerprint density at radius 2 is 2.09 bits per heavy atom. The Balaban J connectivity index is 0.00000242. The van der Waals surface area contributed by atoms with Crippen LogP contribution in [0.3, 0.4) is 0 Å². The number of carbonyl (C=O) groups excluding carboxylic acids is 1. The van der Waals surface area contributed by atoms with Crippen molar-refractivity contribution in [3.8, 4) is 5.69 Å². The highest BCUT2D eigenvalue weighted by molar-refractivity contribution is 5.94. The van der Waals surface area contributed by atoms with Crippen LogP contribution in [0.1, 0.15) is 31.2 Å². The van der Waals surface area contributed by atoms with E-state index in [0.717, 1.165) is 29.2 Å². The fourth-order valence-corrected chi connectivity index (χ4v) is 2.28. The van der Waals surface area contributed by atoms with Gasteiger partial charge < -0.3 is 11.1 Å². The number of amides is 1. The number of rotatable bonds is 5. The van der Waals surface area contributed by atoms with Crippen LogP contribution in [0.4, 0.5) is 5.69 Å². The van der Waals surface area contributed by atoms with Gasteiger partial charge in [-0.15, -0.1) is 12.4 Å². The molecule has 0 aliphatic rings. The summed E-state index contributed by atoms with van der Waals surface area (Å²) in [5.74, 6) is -0.151. The molecule has 1 unspecified atom stereocenters. The molecule has 3 N–H and O–H groups in total. The number of hydrogen-bond donors (Lipinski definition) is 2. The minimum atomic E-state index is -0.465. The van der Waals surface area contributed by atoms with Crippen molar-refractivity contribution >= 4 is 24.0 Å². The second-order valence-corrected chi connectivity index (χ2v) is 5.27. The van der Waals surface area contributed by atoms with Gasteiger partial charge in [0.25, 0.3) is 0 Å². The van der Waals surface area contributed by atoms with E-state index in [2.05, 4.69) is 10.4 Å². The van der Waals surface area contributed by atoms with Crippen LogP contribution in [0, 0.1) is 13.8 Å². The van der Waals surface area contributed by atoms with Crippen molar-refractivity contribution in [2.24, 2.45) is 5.73 Å². The number of aryl methyl sites for hydroxylation is 2. The molecule has 0 aliphatic carbocycles. The van der Waals surface area contributed by atoms with E-state index in [1.807, 2.05) is 55.8 Å². The zero-order valence-electron chi connectivity index (χ0n) is 13.2. The number of aromatic nitrogens is 2. The van der Waals surface area contributed by atoms with Gasteiger partial charge in [0.15, 0.2) is 0 Å². The molecule has 0 saturated heterocycles. The van der Waals surface area contributed by atoms with Crippen molar-refractivity contribution in [2.75, 3.05) is 5.32 Å². The Labute approximate surface area is 137 Å². The number of hydrogen-bond acceptors (Lipinski definition) is 3. The second kappa shape index (κ2) is 7.96. The summed E-state index contributed by atoms with van der Waals surface area (Å²) >= 11 is 0. The molecule has 1 atom stereocenters. The molecule has 0 aliphatic heterocycles. The highest BCUT2D eigenvalue weighted by Gasteiger charge is 2.12. The third-order valence-corrected chi connectivity index (χ3v) is 3.30. The van der Waals surface area contributed by atoms with Crippen molar-refractivity contribution in [1.82, 2.24) is 9.78 Å². The first kappa shape index (κ1) is 18.2. The number of anilines is 1. The average Bonchev–Trinajstić information content (AvgIpc) is 2.78. The lowest BCUT2D eigenvalue weighted by Gasteiger charge is -2.12. The third kappa shape index (κ3) is 4.32. The summed E-state index contributed by atoms with van der Waals surface area (Å²) in [5.41, 5.74) is 9.49. The molecule has 120 valence electrons. The number of halogens is 1. The van der Waals surface area contributed by atoms with Gasteiger partial charge >= 0.3 is 0 Å². The van der Waals surface area contributed by atoms with Gasteiger partial charge in [-0.05, 0) is 44.5 Å². The lowest BCUT2D eigenvalue weighted by Crippen LogP contribution is -2.35. The van der Waals surface area contributed by atoms with Gasteiger partial charge in [-0.2, -0.15) is 5.10 Å². The number of benzene rings is 1. The molecule has 0 radical (unpaired) electrons. The Bertz CT molecular complexity index is 639. The van der Waals surface area contributed by atoms with E-state index in [1.54, 1.807) is 0 Å². The lowest BCUT2D eigenvalue weighted by molar-refractivity contribution is -0.117. The van der Waals surface area contributed by atoms with Crippen LogP contribution in [0.25, 0.3) is 5.69 Å². The van der Waals surface area contributed by atoms with Gasteiger partial charge in [0.2, 0.25) is 5.91 Å². The molecule has 22 heavy (non-hydrogen) atoms. The van der Waals surface area contributed by atoms with E-state index >= 15 is 0 Å². The molecule has 1 aromatic heterocycles. The second-order valence-electron chi connectivity index (χ2n) is 5.27. The fourth-order valence-electron chi connectivity index (χ4n) is 2.28. The van der Waals surface area contributed by atoms with Gasteiger partial charge in [-0.3, -0.25) is 4.79 Å². The van der Waals surface area contributed by atoms with Gasteiger partial charge in [0, 0.05) is 11.4 Å². The molecule has 2 aromatic rings. The van der Waals surface area contributed by atoms with E-state index in [-0.39, 0.29) is 18.3 Å². The molecule has 1 aromatic carbocycles. The Kier molecular flexibility index (Phi) is 6.59. The first-order valence-electron chi connectivity index (χ1n) is 7.21. The molecule has 6 heteroatoms. The molecule has 5 nitrogen and oxygen atoms in total. The average molecular weight is 323 g/mol. The maximum absolute atomic E-state index is 12.0. The first-order chi connectivity index (χ1) is 10.0. The normalized spacial score (nSPS) is 11.6. The maximum Gasteiger partial charge on any atom is 0.241 e. The van der Waals surface area contributed by atoms with Crippen molar-refractivity contribution < 1.29 is 4.79 Å². The summed E-state index contributed by atoms with van der Waals surface area (Å²) in [6.45, 7) is 5.97. The maximum atomic E-state index is 12.0. The summed E-state index contributed by atoms with van der Waals surface area (Å²) in [7, 11) is 0. The number of nitrogens with zero attached hydrogens (tertiary/aromatic N) is 2. The molecule has 0 fully saturated rings. The molecule has 2 rings (SSSR count). The predicted octanol–water partition coefficient (Wildman–Crippen LogP) is 2.98. The van der Waals surface area contributed by atoms with Crippen molar-refractivity contribution in [2.45, 2.75) is 39.7 Å². The number of nitrogens with one attached hydrogen (secondary N) is 1. The van der Waals surface area contributed by atoms with Crippen molar-refractivity contribution in [3.05, 3.63) is 41.7 Å². The van der Waals surface area contributed by atoms with Gasteiger partial charge in [0.05, 0.1) is 17.4 Å². The minimum Gasteiger partial charge on any atom is -0.325 e. The van der Waals surface area contributed by atoms with E-state index < -0.39 is 6.04 Å². The van der Waals surface area contributed by atoms with Gasteiger partial charge in [0.1, 0.15) is 0 Å². The summed E-state index contributed by atoms with van der Waals surface area (Å²) in [4.78, 5) is 12.0. The zero-order valence-corrected chi connectivity index (χ0v) is 14.0. The quantitative estimate of drug-likeness (QED) is 0.888. The minimum absolute atomic E-state index is 0. The largest absolute Gasteiger partial charge is 0.325 e. The molecule has 1 amide bonds. The Morgan fingerprint density at radius 3 is 2.68 bits per heavy atom. The van der Waals surface area contributed by atoms with Crippen LogP contribution in [-0.2, 0) is 4.79 Å². The monoisotopic (exact) mass is 322 g/mol. The SMILES string of the molecule is CCCC(N)C(=O)Nc1cccc(-n2nc(C)cc2C)c1.Cl. The van der Waals surface area contributed by atoms with Gasteiger partial charge in [-0.25, -0.2) is 4.68 Å². The van der Waals surface area contributed by atoms with Crippen LogP contribution in [0.15, 0.2) is 30.3 Å². The summed E-state index contributed by atoms with van der Waals surface area (Å²) in [6, 6.07) is 9.16. The van der Waals surface area contributed by atoms with Crippen molar-refractivity contribution in [3.63, 3.8) is 0 Å². The highest BCUT2D eigenvalue weighted by Crippen LogP contribution is 2.17. The van der Waals surface area contributed by atoms with Crippen molar-refractivity contribution in [1.29, 1.82) is 0 Å². The molecule has 0 saturated carbocycles. The predicted molar refractivity (Wildman–Crippen MR) is 91.8 cm³/mol. The standard InChI is InChI=1S/C16H22N4O.ClH/c1-4-6-15(17)16(21)18-13-7-5-8-14(10-13)20-12(3)9-11(2)19-20;/h5,7-10,15H,4,6,17H2,1-3H3,(H,18,21);1H. The van der Waals surface area contributed by atoms with Crippen LogP contribution in [-0.4, -0.2) is 21.7 Å². The van der Waals surface area contributed by atoms with Crippen LogP contribution >= 0.6 is 12.4 Å². The molecular weight excluding hydrogens is 300 g/mol. The van der Waals surface area contributed by atoms with Crippen LogP contribution in [0.5, 0.6) is 0 Å². The Hall–Kier alpha value is -1.85. The molecule has 1 heterocycles. The smallest absolute Gasteiger partial charge is 0.241 e. The summed E-state index contributed by atoms with van der Waals surface area (Å²) < 4.78 is 1.86. The van der Waals surface area contributed by atoms with E-state index in [1.165, 1.54) is 0 Å². The summed E-state index contributed by atoms with van der Waals surface area (Å²) in [6.07, 6.45) is 1.57. The van der Waals surface area contributed by atoms with E-state index in [0.29, 0.717) is 6.42 Å². The summed E-state index contributed by atoms with van der Waals surface area (Å²) in [5, 5.41) is 7.30. The lowest BCUT2D eigenvalue weighted by atomic mass is 10.1. The van der Waals surface area contributed by atoms with Crippen LogP contribution < -0.4 is 11.1 Å². The topological polar surface area (TPSA) is 72.9 Å².